The fourth-order valence-electron chi connectivity index (χ4n) is 4.84. The third-order valence-corrected chi connectivity index (χ3v) is 6.60. The molecule has 0 bridgehead atoms. The quantitative estimate of drug-likeness (QED) is 0.604. The first-order valence-electron chi connectivity index (χ1n) is 10.2. The van der Waals surface area contributed by atoms with Crippen LogP contribution in [0.4, 0.5) is 11.4 Å². The Morgan fingerprint density at radius 2 is 1.85 bits per heavy atom. The number of halogens is 1. The number of guanidine groups is 1. The van der Waals surface area contributed by atoms with Crippen molar-refractivity contribution < 1.29 is 0 Å². The minimum Gasteiger partial charge on any atom is -0.370 e. The molecule has 1 aromatic carbocycles. The highest BCUT2D eigenvalue weighted by atomic mass is 35.5. The molecule has 6 heteroatoms. The summed E-state index contributed by atoms with van der Waals surface area (Å²) in [5, 5.41) is 0.706. The van der Waals surface area contributed by atoms with E-state index in [0.29, 0.717) is 10.7 Å². The molecule has 150 valence electrons. The van der Waals surface area contributed by atoms with Crippen LogP contribution in [0.1, 0.15) is 40.0 Å². The number of aliphatic imine (C=N–C) groups is 1. The van der Waals surface area contributed by atoms with E-state index in [9.17, 15) is 0 Å². The molecule has 3 unspecified atom stereocenters. The van der Waals surface area contributed by atoms with Gasteiger partial charge in [-0.05, 0) is 48.8 Å². The van der Waals surface area contributed by atoms with Gasteiger partial charge in [0.2, 0.25) is 0 Å². The summed E-state index contributed by atoms with van der Waals surface area (Å²) in [6.07, 6.45) is 4.11. The monoisotopic (exact) mass is 391 g/mol. The molecule has 1 saturated heterocycles. The van der Waals surface area contributed by atoms with E-state index in [4.69, 9.17) is 23.1 Å². The van der Waals surface area contributed by atoms with Gasteiger partial charge in [-0.1, -0.05) is 38.8 Å². The van der Waals surface area contributed by atoms with Crippen LogP contribution in [0.25, 0.3) is 0 Å². The van der Waals surface area contributed by atoms with Crippen molar-refractivity contribution in [2.45, 2.75) is 46.1 Å². The predicted octanol–water partition coefficient (Wildman–Crippen LogP) is 3.83. The van der Waals surface area contributed by atoms with Crippen LogP contribution in [-0.2, 0) is 0 Å². The summed E-state index contributed by atoms with van der Waals surface area (Å²) in [4.78, 5) is 9.19. The van der Waals surface area contributed by atoms with Gasteiger partial charge in [0.15, 0.2) is 5.96 Å². The molecule has 3 atom stereocenters. The van der Waals surface area contributed by atoms with Crippen LogP contribution in [-0.4, -0.2) is 43.1 Å². The molecule has 1 aromatic rings. The molecule has 0 spiro atoms. The van der Waals surface area contributed by atoms with Crippen molar-refractivity contribution in [2.75, 3.05) is 31.1 Å². The van der Waals surface area contributed by atoms with Gasteiger partial charge in [-0.25, -0.2) is 4.99 Å². The SMILES string of the molecule is CC1CCC(C(C)C)C(N2CCN(c3ccc(N=C(N)N)cc3Cl)CC2)C1. The van der Waals surface area contributed by atoms with Gasteiger partial charge in [-0.15, -0.1) is 0 Å². The van der Waals surface area contributed by atoms with Gasteiger partial charge < -0.3 is 16.4 Å². The average molecular weight is 392 g/mol. The van der Waals surface area contributed by atoms with Crippen molar-refractivity contribution in [1.82, 2.24) is 4.90 Å². The third-order valence-electron chi connectivity index (χ3n) is 6.30. The number of hydrogen-bond donors (Lipinski definition) is 2. The Balaban J connectivity index is 1.65. The van der Waals surface area contributed by atoms with E-state index in [1.165, 1.54) is 19.3 Å². The Hall–Kier alpha value is -1.46. The minimum absolute atomic E-state index is 0.0499. The lowest BCUT2D eigenvalue weighted by Gasteiger charge is -2.47. The summed E-state index contributed by atoms with van der Waals surface area (Å²) >= 11 is 6.51. The van der Waals surface area contributed by atoms with Crippen LogP contribution < -0.4 is 16.4 Å². The van der Waals surface area contributed by atoms with E-state index in [2.05, 4.69) is 35.6 Å². The Kier molecular flexibility index (Phi) is 6.53. The van der Waals surface area contributed by atoms with Crippen LogP contribution in [0.3, 0.4) is 0 Å². The molecule has 2 fully saturated rings. The number of nitrogens with zero attached hydrogens (tertiary/aromatic N) is 3. The topological polar surface area (TPSA) is 70.9 Å². The van der Waals surface area contributed by atoms with Crippen LogP contribution >= 0.6 is 11.6 Å². The molecule has 0 aromatic heterocycles. The Labute approximate surface area is 168 Å². The molecule has 0 radical (unpaired) electrons. The van der Waals surface area contributed by atoms with Crippen LogP contribution in [0, 0.1) is 17.8 Å². The molecule has 27 heavy (non-hydrogen) atoms. The van der Waals surface area contributed by atoms with Crippen molar-refractivity contribution in [3.05, 3.63) is 23.2 Å². The van der Waals surface area contributed by atoms with E-state index in [1.807, 2.05) is 18.2 Å². The average Bonchev–Trinajstić information content (AvgIpc) is 2.61. The van der Waals surface area contributed by atoms with Crippen LogP contribution in [0.2, 0.25) is 5.02 Å². The first kappa shape index (κ1) is 20.3. The molecule has 0 amide bonds. The second kappa shape index (κ2) is 8.70. The predicted molar refractivity (Wildman–Crippen MR) is 116 cm³/mol. The van der Waals surface area contributed by atoms with E-state index in [1.54, 1.807) is 0 Å². The van der Waals surface area contributed by atoms with Gasteiger partial charge in [0.1, 0.15) is 0 Å². The van der Waals surface area contributed by atoms with Gasteiger partial charge in [0, 0.05) is 32.2 Å². The fourth-order valence-corrected chi connectivity index (χ4v) is 5.13. The highest BCUT2D eigenvalue weighted by Gasteiger charge is 2.35. The molecule has 5 nitrogen and oxygen atoms in total. The van der Waals surface area contributed by atoms with Crippen molar-refractivity contribution >= 4 is 28.9 Å². The molecule has 1 heterocycles. The van der Waals surface area contributed by atoms with Gasteiger partial charge >= 0.3 is 0 Å². The summed E-state index contributed by atoms with van der Waals surface area (Å²) in [6.45, 7) is 11.4. The van der Waals surface area contributed by atoms with Crippen LogP contribution in [0.5, 0.6) is 0 Å². The summed E-state index contributed by atoms with van der Waals surface area (Å²) in [7, 11) is 0. The van der Waals surface area contributed by atoms with E-state index in [-0.39, 0.29) is 5.96 Å². The summed E-state index contributed by atoms with van der Waals surface area (Å²) in [5.41, 5.74) is 12.7. The first-order valence-corrected chi connectivity index (χ1v) is 10.6. The lowest BCUT2D eigenvalue weighted by Crippen LogP contribution is -2.54. The molecule has 1 saturated carbocycles. The zero-order chi connectivity index (χ0) is 19.6. The molecule has 2 aliphatic rings. The number of nitrogens with two attached hydrogens (primary N) is 2. The fraction of sp³-hybridized carbons (Fsp3) is 0.667. The minimum atomic E-state index is 0.0499. The van der Waals surface area contributed by atoms with Crippen LogP contribution in [0.15, 0.2) is 23.2 Å². The van der Waals surface area contributed by atoms with Crippen molar-refractivity contribution in [1.29, 1.82) is 0 Å². The lowest BCUT2D eigenvalue weighted by atomic mass is 9.73. The largest absolute Gasteiger partial charge is 0.370 e. The molecule has 3 rings (SSSR count). The number of hydrogen-bond acceptors (Lipinski definition) is 3. The first-order chi connectivity index (χ1) is 12.8. The Morgan fingerprint density at radius 3 is 2.44 bits per heavy atom. The highest BCUT2D eigenvalue weighted by molar-refractivity contribution is 6.33. The maximum Gasteiger partial charge on any atom is 0.191 e. The number of piperazine rings is 1. The Morgan fingerprint density at radius 1 is 1.15 bits per heavy atom. The van der Waals surface area contributed by atoms with Crippen molar-refractivity contribution in [3.63, 3.8) is 0 Å². The normalized spacial score (nSPS) is 27.0. The molecular weight excluding hydrogens is 358 g/mol. The number of anilines is 1. The second-order valence-corrected chi connectivity index (χ2v) is 9.00. The highest BCUT2D eigenvalue weighted by Crippen LogP contribution is 2.37. The Bertz CT molecular complexity index is 663. The zero-order valence-electron chi connectivity index (χ0n) is 16.9. The third kappa shape index (κ3) is 4.88. The van der Waals surface area contributed by atoms with E-state index >= 15 is 0 Å². The summed E-state index contributed by atoms with van der Waals surface area (Å²) in [6, 6.07) is 6.51. The zero-order valence-corrected chi connectivity index (χ0v) is 17.6. The van der Waals surface area contributed by atoms with Crippen molar-refractivity contribution in [2.24, 2.45) is 34.2 Å². The maximum atomic E-state index is 6.51. The molecule has 4 N–H and O–H groups in total. The van der Waals surface area contributed by atoms with Gasteiger partial charge in [-0.3, -0.25) is 4.90 Å². The summed E-state index contributed by atoms with van der Waals surface area (Å²) in [5.74, 6) is 2.49. The van der Waals surface area contributed by atoms with E-state index < -0.39 is 0 Å². The van der Waals surface area contributed by atoms with Crippen molar-refractivity contribution in [3.8, 4) is 0 Å². The molecular formula is C21H34ClN5. The summed E-state index contributed by atoms with van der Waals surface area (Å²) < 4.78 is 0. The van der Waals surface area contributed by atoms with E-state index in [0.717, 1.165) is 55.7 Å². The maximum absolute atomic E-state index is 6.51. The number of benzene rings is 1. The van der Waals surface area contributed by atoms with Gasteiger partial charge in [0.05, 0.1) is 16.4 Å². The van der Waals surface area contributed by atoms with Gasteiger partial charge in [-0.2, -0.15) is 0 Å². The standard InChI is InChI=1S/C21H34ClN5/c1-14(2)17-6-4-15(3)12-20(17)27-10-8-26(9-11-27)19-7-5-16(13-18(19)22)25-21(23)24/h5,7,13-15,17,20H,4,6,8-12H2,1-3H3,(H4,23,24,25). The number of rotatable bonds is 4. The van der Waals surface area contributed by atoms with Gasteiger partial charge in [0.25, 0.3) is 0 Å². The smallest absolute Gasteiger partial charge is 0.191 e. The second-order valence-electron chi connectivity index (χ2n) is 8.59. The lowest BCUT2D eigenvalue weighted by molar-refractivity contribution is 0.0553. The molecule has 1 aliphatic carbocycles. The molecule has 1 aliphatic heterocycles.